The van der Waals surface area contributed by atoms with Crippen molar-refractivity contribution in [1.82, 2.24) is 0 Å². The van der Waals surface area contributed by atoms with E-state index in [1.165, 1.54) is 6.42 Å². The summed E-state index contributed by atoms with van der Waals surface area (Å²) < 4.78 is 0. The van der Waals surface area contributed by atoms with Crippen LogP contribution in [0.4, 0.5) is 0 Å². The number of hydrogen-bond acceptors (Lipinski definition) is 0. The zero-order valence-corrected chi connectivity index (χ0v) is 18.6. The fourth-order valence-corrected chi connectivity index (χ4v) is 18.2. The van der Waals surface area contributed by atoms with Gasteiger partial charge in [-0.25, -0.2) is 0 Å². The van der Waals surface area contributed by atoms with Crippen molar-refractivity contribution in [3.8, 4) is 0 Å². The van der Waals surface area contributed by atoms with Crippen LogP contribution < -0.4 is 0 Å². The molecule has 7 rings (SSSR count). The van der Waals surface area contributed by atoms with Gasteiger partial charge < -0.3 is 0 Å². The highest BCUT2D eigenvalue weighted by Gasteiger charge is 2.86. The zero-order valence-electron chi connectivity index (χ0n) is 17.7. The summed E-state index contributed by atoms with van der Waals surface area (Å²) in [6.45, 7) is 8.05. The van der Waals surface area contributed by atoms with Crippen molar-refractivity contribution in [2.45, 2.75) is 108 Å². The molecule has 0 aromatic heterocycles. The summed E-state index contributed by atoms with van der Waals surface area (Å²) in [5.74, 6) is 5.60. The Kier molecular flexibility index (Phi) is 3.54. The van der Waals surface area contributed by atoms with Crippen molar-refractivity contribution >= 4 is 7.26 Å². The van der Waals surface area contributed by atoms with Crippen LogP contribution in [0.3, 0.4) is 0 Å². The SMILES string of the molecule is CCCC[P+](C)(C12CC3CC(CC(C3)C1)C2)C12CC3CC(C)CC1(C3)C2. The van der Waals surface area contributed by atoms with Gasteiger partial charge in [0, 0.05) is 19.3 Å². The van der Waals surface area contributed by atoms with Gasteiger partial charge in [0.1, 0.15) is 0 Å². The third-order valence-corrected chi connectivity index (χ3v) is 17.8. The molecule has 0 saturated heterocycles. The van der Waals surface area contributed by atoms with E-state index in [0.29, 0.717) is 0 Å². The Morgan fingerprint density at radius 3 is 2.08 bits per heavy atom. The van der Waals surface area contributed by atoms with Gasteiger partial charge in [0.2, 0.25) is 0 Å². The third-order valence-electron chi connectivity index (χ3n) is 11.2. The number of rotatable bonds is 5. The summed E-state index contributed by atoms with van der Waals surface area (Å²) in [7, 11) is -0.877. The van der Waals surface area contributed by atoms with E-state index in [1.807, 2.05) is 0 Å². The van der Waals surface area contributed by atoms with Gasteiger partial charge in [-0.1, -0.05) is 20.3 Å². The topological polar surface area (TPSA) is 0 Å². The molecular weight excluding hydrogens is 331 g/mol. The highest BCUT2D eigenvalue weighted by Crippen LogP contribution is 2.97. The monoisotopic (exact) mass is 373 g/mol. The molecule has 0 aromatic rings. The van der Waals surface area contributed by atoms with Crippen molar-refractivity contribution in [2.75, 3.05) is 12.8 Å². The average Bonchev–Trinajstić information content (AvgIpc) is 3.08. The molecule has 0 aromatic carbocycles. The lowest BCUT2D eigenvalue weighted by atomic mass is 9.56. The van der Waals surface area contributed by atoms with Gasteiger partial charge in [-0.05, 0) is 107 Å². The molecule has 0 aliphatic heterocycles. The van der Waals surface area contributed by atoms with Crippen molar-refractivity contribution < 1.29 is 0 Å². The van der Waals surface area contributed by atoms with Gasteiger partial charge in [-0.3, -0.25) is 0 Å². The predicted molar refractivity (Wildman–Crippen MR) is 114 cm³/mol. The van der Waals surface area contributed by atoms with E-state index in [4.69, 9.17) is 0 Å². The largest absolute Gasteiger partial charge is 0.0869 e. The van der Waals surface area contributed by atoms with E-state index < -0.39 is 7.26 Å². The Hall–Kier alpha value is 0.430. The van der Waals surface area contributed by atoms with Crippen LogP contribution in [0.5, 0.6) is 0 Å². The second-order valence-electron chi connectivity index (χ2n) is 12.7. The van der Waals surface area contributed by atoms with E-state index in [2.05, 4.69) is 20.5 Å². The van der Waals surface area contributed by atoms with Gasteiger partial charge in [0.05, 0.1) is 16.5 Å². The third kappa shape index (κ3) is 1.97. The van der Waals surface area contributed by atoms with Crippen LogP contribution in [-0.2, 0) is 0 Å². The number of unbranched alkanes of at least 4 members (excludes halogenated alkanes) is 1. The molecule has 6 bridgehead atoms. The summed E-state index contributed by atoms with van der Waals surface area (Å²) >= 11 is 0. The fourth-order valence-electron chi connectivity index (χ4n) is 10.9. The summed E-state index contributed by atoms with van der Waals surface area (Å²) in [5, 5.41) is 1.75. The minimum atomic E-state index is -0.877. The fraction of sp³-hybridized carbons (Fsp3) is 1.00. The molecule has 5 unspecified atom stereocenters. The Morgan fingerprint density at radius 2 is 1.46 bits per heavy atom. The second kappa shape index (κ2) is 5.32. The van der Waals surface area contributed by atoms with Crippen LogP contribution in [0, 0.1) is 35.0 Å². The van der Waals surface area contributed by atoms with Gasteiger partial charge in [0.15, 0.2) is 0 Å². The molecule has 7 fully saturated rings. The molecule has 26 heavy (non-hydrogen) atoms. The molecule has 0 N–H and O–H groups in total. The summed E-state index contributed by atoms with van der Waals surface area (Å²) in [4.78, 5) is 0. The number of fused-ring (bicyclic) bond motifs is 1. The molecule has 0 radical (unpaired) electrons. The van der Waals surface area contributed by atoms with E-state index >= 15 is 0 Å². The van der Waals surface area contributed by atoms with Crippen LogP contribution in [0.2, 0.25) is 0 Å². The maximum Gasteiger partial charge on any atom is 0.0869 e. The highest BCUT2D eigenvalue weighted by atomic mass is 31.2. The molecule has 0 heterocycles. The Balaban J connectivity index is 1.42. The van der Waals surface area contributed by atoms with Crippen LogP contribution in [0.15, 0.2) is 0 Å². The van der Waals surface area contributed by atoms with Crippen LogP contribution in [0.1, 0.15) is 97.3 Å². The van der Waals surface area contributed by atoms with Gasteiger partial charge in [-0.15, -0.1) is 0 Å². The van der Waals surface area contributed by atoms with Gasteiger partial charge in [0.25, 0.3) is 0 Å². The van der Waals surface area contributed by atoms with Crippen LogP contribution >= 0.6 is 7.26 Å². The Labute approximate surface area is 163 Å². The van der Waals surface area contributed by atoms with Crippen LogP contribution in [-0.4, -0.2) is 23.1 Å². The van der Waals surface area contributed by atoms with E-state index in [0.717, 1.165) is 45.3 Å². The molecule has 0 nitrogen and oxygen atoms in total. The molecule has 5 atom stereocenters. The average molecular weight is 374 g/mol. The maximum absolute atomic E-state index is 3.00. The first-order chi connectivity index (χ1) is 12.4. The van der Waals surface area contributed by atoms with Crippen molar-refractivity contribution in [3.63, 3.8) is 0 Å². The van der Waals surface area contributed by atoms with Crippen molar-refractivity contribution in [1.29, 1.82) is 0 Å². The normalized spacial score (nSPS) is 58.5. The Bertz CT molecular complexity index is 574. The first-order valence-corrected chi connectivity index (χ1v) is 14.7. The summed E-state index contributed by atoms with van der Waals surface area (Å²) in [6, 6.07) is 0. The highest BCUT2D eigenvalue weighted by molar-refractivity contribution is 7.78. The van der Waals surface area contributed by atoms with Crippen molar-refractivity contribution in [3.05, 3.63) is 0 Å². The predicted octanol–water partition coefficient (Wildman–Crippen LogP) is 7.37. The quantitative estimate of drug-likeness (QED) is 0.441. The van der Waals surface area contributed by atoms with Gasteiger partial charge in [-0.2, -0.15) is 0 Å². The maximum atomic E-state index is 3.00. The molecule has 1 heteroatoms. The lowest BCUT2D eigenvalue weighted by molar-refractivity contribution is 0.0335. The molecule has 7 aliphatic carbocycles. The van der Waals surface area contributed by atoms with E-state index in [-0.39, 0.29) is 0 Å². The van der Waals surface area contributed by atoms with Crippen molar-refractivity contribution in [2.24, 2.45) is 35.0 Å². The summed E-state index contributed by atoms with van der Waals surface area (Å²) in [6.07, 6.45) is 22.8. The summed E-state index contributed by atoms with van der Waals surface area (Å²) in [5.41, 5.74) is 0.856. The molecule has 1 spiro atoms. The van der Waals surface area contributed by atoms with E-state index in [1.54, 1.807) is 83.2 Å². The standard InChI is InChI=1S/C25H42P/c1-4-5-6-26(3,24-13-19-8-20(14-24)10-21(9-19)15-24)25-16-22-7-18(2)11-23(25,12-22)17-25/h18-22H,4-17H2,1-3H3/q+1. The van der Waals surface area contributed by atoms with E-state index in [9.17, 15) is 0 Å². The molecular formula is C25H42P+. The smallest absolute Gasteiger partial charge is 0.0652 e. The molecule has 0 amide bonds. The molecule has 146 valence electrons. The number of hydrogen-bond donors (Lipinski definition) is 0. The second-order valence-corrected chi connectivity index (χ2v) is 17.4. The molecule has 7 aliphatic rings. The molecule has 7 saturated carbocycles. The van der Waals surface area contributed by atoms with Gasteiger partial charge >= 0.3 is 0 Å². The first kappa shape index (κ1) is 17.3. The minimum absolute atomic E-state index is 0.856. The first-order valence-electron chi connectivity index (χ1n) is 12.3. The lowest BCUT2D eigenvalue weighted by Crippen LogP contribution is -2.54. The lowest BCUT2D eigenvalue weighted by Gasteiger charge is -2.61. The minimum Gasteiger partial charge on any atom is -0.0652 e. The Morgan fingerprint density at radius 1 is 0.808 bits per heavy atom. The zero-order chi connectivity index (χ0) is 17.8. The van der Waals surface area contributed by atoms with Crippen LogP contribution in [0.25, 0.3) is 0 Å².